The number of amides is 1. The van der Waals surface area contributed by atoms with Crippen molar-refractivity contribution in [3.05, 3.63) is 11.7 Å². The number of hydrogen-bond donors (Lipinski definition) is 0. The first-order chi connectivity index (χ1) is 5.27. The van der Waals surface area contributed by atoms with Gasteiger partial charge in [-0.3, -0.25) is 0 Å². The SMILES string of the molecule is CCC[CH-]CCC[N-]C(C)=O.[Y]. The van der Waals surface area contributed by atoms with Gasteiger partial charge in [0.25, 0.3) is 0 Å². The molecule has 0 fully saturated rings. The summed E-state index contributed by atoms with van der Waals surface area (Å²) in [5.74, 6) is -0.0551. The molecular weight excluding hydrogens is 227 g/mol. The molecular formula is C9H17NOY-2. The Balaban J connectivity index is 0. The Labute approximate surface area is 101 Å². The van der Waals surface area contributed by atoms with Crippen molar-refractivity contribution < 1.29 is 37.5 Å². The van der Waals surface area contributed by atoms with Gasteiger partial charge in [0.1, 0.15) is 0 Å². The van der Waals surface area contributed by atoms with Crippen molar-refractivity contribution in [1.82, 2.24) is 0 Å². The molecule has 0 aliphatic carbocycles. The van der Waals surface area contributed by atoms with Crippen LogP contribution in [0.5, 0.6) is 0 Å². The quantitative estimate of drug-likeness (QED) is 0.522. The van der Waals surface area contributed by atoms with Crippen LogP contribution in [0.3, 0.4) is 0 Å². The summed E-state index contributed by atoms with van der Waals surface area (Å²) in [6, 6.07) is 0. The van der Waals surface area contributed by atoms with E-state index in [2.05, 4.69) is 18.7 Å². The zero-order valence-corrected chi connectivity index (χ0v) is 10.9. The maximum Gasteiger partial charge on any atom is 0.0479 e. The van der Waals surface area contributed by atoms with Gasteiger partial charge in [0, 0.05) is 38.6 Å². The van der Waals surface area contributed by atoms with Crippen LogP contribution in [0.25, 0.3) is 5.32 Å². The van der Waals surface area contributed by atoms with Crippen LogP contribution >= 0.6 is 0 Å². The molecule has 0 spiro atoms. The van der Waals surface area contributed by atoms with Gasteiger partial charge in [-0.25, -0.2) is 0 Å². The second-order valence-electron chi connectivity index (χ2n) is 2.62. The summed E-state index contributed by atoms with van der Waals surface area (Å²) >= 11 is 0. The fraction of sp³-hybridized carbons (Fsp3) is 0.778. The van der Waals surface area contributed by atoms with E-state index in [4.69, 9.17) is 0 Å². The van der Waals surface area contributed by atoms with E-state index < -0.39 is 0 Å². The molecule has 0 aliphatic rings. The van der Waals surface area contributed by atoms with Crippen molar-refractivity contribution in [3.63, 3.8) is 0 Å². The second kappa shape index (κ2) is 11.6. The fourth-order valence-electron chi connectivity index (χ4n) is 0.821. The fourth-order valence-corrected chi connectivity index (χ4v) is 0.821. The van der Waals surface area contributed by atoms with Gasteiger partial charge in [-0.1, -0.05) is 19.8 Å². The van der Waals surface area contributed by atoms with Crippen molar-refractivity contribution in [1.29, 1.82) is 0 Å². The molecule has 0 aliphatic heterocycles. The van der Waals surface area contributed by atoms with Gasteiger partial charge < -0.3 is 16.5 Å². The minimum atomic E-state index is -0.0551. The average molecular weight is 244 g/mol. The van der Waals surface area contributed by atoms with E-state index in [0.717, 1.165) is 12.8 Å². The average Bonchev–Trinajstić information content (AvgIpc) is 1.96. The number of rotatable bonds is 6. The van der Waals surface area contributed by atoms with Gasteiger partial charge in [0.15, 0.2) is 0 Å². The van der Waals surface area contributed by atoms with Gasteiger partial charge >= 0.3 is 0 Å². The maximum atomic E-state index is 10.4. The summed E-state index contributed by atoms with van der Waals surface area (Å²) in [5.41, 5.74) is 0. The van der Waals surface area contributed by atoms with Gasteiger partial charge in [-0.2, -0.15) is 12.8 Å². The first-order valence-electron chi connectivity index (χ1n) is 4.27. The summed E-state index contributed by atoms with van der Waals surface area (Å²) in [6.45, 7) is 4.35. The van der Waals surface area contributed by atoms with Crippen LogP contribution in [0, 0.1) is 6.42 Å². The Hall–Kier alpha value is 0.574. The van der Waals surface area contributed by atoms with E-state index in [9.17, 15) is 4.79 Å². The molecule has 0 unspecified atom stereocenters. The molecule has 0 rings (SSSR count). The standard InChI is InChI=1S/C9H18NO.Y/c1-3-4-5-6-7-8-10-9(2)11;/h5H,3-4,6-8H2,1-2H3,(H,10,11);/q-1;/p-1. The summed E-state index contributed by atoms with van der Waals surface area (Å²) in [7, 11) is 0. The third-order valence-electron chi connectivity index (χ3n) is 1.39. The Morgan fingerprint density at radius 3 is 2.58 bits per heavy atom. The van der Waals surface area contributed by atoms with Crippen LogP contribution in [0.4, 0.5) is 0 Å². The van der Waals surface area contributed by atoms with E-state index in [1.165, 1.54) is 19.8 Å². The monoisotopic (exact) mass is 244 g/mol. The van der Waals surface area contributed by atoms with Gasteiger partial charge in [-0.15, -0.1) is 6.54 Å². The molecule has 69 valence electrons. The third-order valence-corrected chi connectivity index (χ3v) is 1.39. The van der Waals surface area contributed by atoms with Gasteiger partial charge in [-0.05, 0) is 6.92 Å². The van der Waals surface area contributed by atoms with Crippen molar-refractivity contribution in [3.8, 4) is 0 Å². The Bertz CT molecular complexity index is 107. The van der Waals surface area contributed by atoms with Crippen LogP contribution in [0.15, 0.2) is 0 Å². The zero-order chi connectivity index (χ0) is 8.53. The third kappa shape index (κ3) is 13.2. The summed E-state index contributed by atoms with van der Waals surface area (Å²) in [6.07, 6.45) is 6.75. The van der Waals surface area contributed by atoms with Gasteiger partial charge in [0.05, 0.1) is 0 Å². The number of carbonyl (C=O) groups is 1. The summed E-state index contributed by atoms with van der Waals surface area (Å²) in [5, 5.41) is 3.76. The van der Waals surface area contributed by atoms with Crippen LogP contribution in [-0.2, 0) is 37.5 Å². The minimum absolute atomic E-state index is 0. The van der Waals surface area contributed by atoms with Crippen LogP contribution in [0.2, 0.25) is 0 Å². The molecule has 3 heteroatoms. The van der Waals surface area contributed by atoms with E-state index in [-0.39, 0.29) is 38.6 Å². The summed E-state index contributed by atoms with van der Waals surface area (Å²) in [4.78, 5) is 10.4. The Kier molecular flexibility index (Phi) is 14.5. The van der Waals surface area contributed by atoms with Crippen LogP contribution < -0.4 is 0 Å². The molecule has 0 atom stereocenters. The van der Waals surface area contributed by atoms with E-state index >= 15 is 0 Å². The maximum absolute atomic E-state index is 10.4. The number of hydrogen-bond acceptors (Lipinski definition) is 1. The molecule has 1 radical (unpaired) electrons. The largest absolute Gasteiger partial charge is 0.654 e. The zero-order valence-electron chi connectivity index (χ0n) is 8.05. The molecule has 0 aromatic carbocycles. The Morgan fingerprint density at radius 2 is 2.08 bits per heavy atom. The number of unbranched alkanes of at least 4 members (excludes halogenated alkanes) is 4. The normalized spacial score (nSPS) is 8.83. The molecule has 0 saturated heterocycles. The molecule has 0 heterocycles. The molecule has 0 aromatic rings. The van der Waals surface area contributed by atoms with E-state index in [1.54, 1.807) is 0 Å². The molecule has 1 amide bonds. The molecule has 12 heavy (non-hydrogen) atoms. The first kappa shape index (κ1) is 15.1. The minimum Gasteiger partial charge on any atom is -0.654 e. The number of carbonyl (C=O) groups excluding carboxylic acids is 1. The van der Waals surface area contributed by atoms with Crippen molar-refractivity contribution >= 4 is 5.91 Å². The smallest absolute Gasteiger partial charge is 0.0479 e. The van der Waals surface area contributed by atoms with Gasteiger partial charge in [0.2, 0.25) is 0 Å². The molecule has 0 N–H and O–H groups in total. The summed E-state index contributed by atoms with van der Waals surface area (Å²) < 4.78 is 0. The predicted molar refractivity (Wildman–Crippen MR) is 47.3 cm³/mol. The predicted octanol–water partition coefficient (Wildman–Crippen LogP) is 2.69. The molecule has 0 saturated carbocycles. The van der Waals surface area contributed by atoms with Crippen molar-refractivity contribution in [2.24, 2.45) is 0 Å². The van der Waals surface area contributed by atoms with E-state index in [0.29, 0.717) is 6.54 Å². The number of nitrogens with zero attached hydrogens (tertiary/aromatic N) is 1. The topological polar surface area (TPSA) is 31.2 Å². The van der Waals surface area contributed by atoms with Crippen LogP contribution in [0.1, 0.15) is 39.5 Å². The van der Waals surface area contributed by atoms with Crippen LogP contribution in [-0.4, -0.2) is 12.5 Å². The molecule has 2 nitrogen and oxygen atoms in total. The van der Waals surface area contributed by atoms with E-state index in [1.807, 2.05) is 0 Å². The van der Waals surface area contributed by atoms with Crippen molar-refractivity contribution in [2.75, 3.05) is 6.54 Å². The van der Waals surface area contributed by atoms with Crippen molar-refractivity contribution in [2.45, 2.75) is 39.5 Å². The molecule has 0 bridgehead atoms. The molecule has 0 aromatic heterocycles. The Morgan fingerprint density at radius 1 is 1.42 bits per heavy atom. The first-order valence-corrected chi connectivity index (χ1v) is 4.27. The second-order valence-corrected chi connectivity index (χ2v) is 2.62.